The lowest BCUT2D eigenvalue weighted by atomic mass is 9.90. The van der Waals surface area contributed by atoms with Crippen molar-refractivity contribution in [1.29, 1.82) is 0 Å². The smallest absolute Gasteiger partial charge is 0.0974 e. The van der Waals surface area contributed by atoms with Gasteiger partial charge in [0, 0.05) is 22.2 Å². The molecule has 0 saturated heterocycles. The lowest BCUT2D eigenvalue weighted by molar-refractivity contribution is 0.826. The van der Waals surface area contributed by atoms with Gasteiger partial charge >= 0.3 is 0 Å². The van der Waals surface area contributed by atoms with Gasteiger partial charge < -0.3 is 0 Å². The van der Waals surface area contributed by atoms with Gasteiger partial charge in [-0.05, 0) is 99.2 Å². The molecule has 0 N–H and O–H groups in total. The molecule has 1 aliphatic carbocycles. The Bertz CT molecular complexity index is 2090. The molecule has 2 heteroatoms. The first kappa shape index (κ1) is 27.0. The molecule has 6 aromatic rings. The van der Waals surface area contributed by atoms with Gasteiger partial charge in [-0.15, -0.1) is 0 Å². The average molecular weight is 557 g/mol. The van der Waals surface area contributed by atoms with E-state index >= 15 is 0 Å². The van der Waals surface area contributed by atoms with Crippen LogP contribution in [0.3, 0.4) is 0 Å². The summed E-state index contributed by atoms with van der Waals surface area (Å²) in [5.41, 5.74) is 15.2. The normalized spacial score (nSPS) is 14.7. The fourth-order valence-corrected chi connectivity index (χ4v) is 6.14. The monoisotopic (exact) mass is 556 g/mol. The molecule has 43 heavy (non-hydrogen) atoms. The van der Waals surface area contributed by atoms with Crippen LogP contribution in [-0.4, -0.2) is 9.97 Å². The van der Waals surface area contributed by atoms with Crippen LogP contribution < -0.4 is 0 Å². The second-order valence-corrected chi connectivity index (χ2v) is 12.3. The summed E-state index contributed by atoms with van der Waals surface area (Å²) in [6.45, 7) is 11.0. The average Bonchev–Trinajstić information content (AvgIpc) is 3.07. The first-order chi connectivity index (χ1) is 20.9. The van der Waals surface area contributed by atoms with Crippen LogP contribution in [0.1, 0.15) is 69.0 Å². The third-order valence-electron chi connectivity index (χ3n) is 8.65. The van der Waals surface area contributed by atoms with E-state index in [1.54, 1.807) is 0 Å². The summed E-state index contributed by atoms with van der Waals surface area (Å²) >= 11 is 0. The predicted molar refractivity (Wildman–Crippen MR) is 184 cm³/mol. The van der Waals surface area contributed by atoms with Crippen molar-refractivity contribution in [2.24, 2.45) is 0 Å². The van der Waals surface area contributed by atoms with Crippen molar-refractivity contribution in [3.63, 3.8) is 0 Å². The summed E-state index contributed by atoms with van der Waals surface area (Å²) in [6.07, 6.45) is 6.53. The van der Waals surface area contributed by atoms with Crippen molar-refractivity contribution in [3.8, 4) is 33.4 Å². The second kappa shape index (κ2) is 10.8. The van der Waals surface area contributed by atoms with Crippen LogP contribution in [0.2, 0.25) is 0 Å². The molecule has 2 nitrogen and oxygen atoms in total. The van der Waals surface area contributed by atoms with E-state index in [1.807, 2.05) is 0 Å². The van der Waals surface area contributed by atoms with Gasteiger partial charge in [0.25, 0.3) is 0 Å². The van der Waals surface area contributed by atoms with Gasteiger partial charge in [-0.25, -0.2) is 0 Å². The van der Waals surface area contributed by atoms with Crippen molar-refractivity contribution in [2.45, 2.75) is 46.5 Å². The lowest BCUT2D eigenvalue weighted by Crippen LogP contribution is -1.99. The summed E-state index contributed by atoms with van der Waals surface area (Å²) in [4.78, 5) is 10.3. The first-order valence-corrected chi connectivity index (χ1v) is 15.3. The third kappa shape index (κ3) is 4.97. The molecule has 0 spiro atoms. The quantitative estimate of drug-likeness (QED) is 0.202. The van der Waals surface area contributed by atoms with E-state index < -0.39 is 0 Å². The van der Waals surface area contributed by atoms with Crippen LogP contribution in [-0.2, 0) is 0 Å². The van der Waals surface area contributed by atoms with Gasteiger partial charge in [-0.1, -0.05) is 113 Å². The Morgan fingerprint density at radius 2 is 1.23 bits per heavy atom. The van der Waals surface area contributed by atoms with Crippen LogP contribution in [0.15, 0.2) is 109 Å². The molecule has 2 heterocycles. The maximum atomic E-state index is 5.19. The molecule has 1 aliphatic rings. The molecule has 0 radical (unpaired) electrons. The molecular weight excluding hydrogens is 520 g/mol. The summed E-state index contributed by atoms with van der Waals surface area (Å²) in [5, 5.41) is 2.27. The van der Waals surface area contributed by atoms with Crippen LogP contribution in [0.5, 0.6) is 0 Å². The zero-order chi connectivity index (χ0) is 29.7. The van der Waals surface area contributed by atoms with E-state index in [4.69, 9.17) is 9.97 Å². The fourth-order valence-electron chi connectivity index (χ4n) is 6.14. The fraction of sp³-hybridized carbons (Fsp3) is 0.171. The number of allylic oxidation sites excluding steroid dienone is 3. The van der Waals surface area contributed by atoms with E-state index in [0.717, 1.165) is 33.2 Å². The van der Waals surface area contributed by atoms with E-state index in [9.17, 15) is 0 Å². The molecular formula is C41H36N2. The lowest BCUT2D eigenvalue weighted by Gasteiger charge is -2.16. The molecule has 0 aliphatic heterocycles. The highest BCUT2D eigenvalue weighted by Gasteiger charge is 2.16. The summed E-state index contributed by atoms with van der Waals surface area (Å²) in [7, 11) is 0. The molecule has 2 bridgehead atoms. The van der Waals surface area contributed by atoms with Crippen molar-refractivity contribution in [3.05, 3.63) is 132 Å². The Kier molecular flexibility index (Phi) is 6.78. The maximum absolute atomic E-state index is 5.19. The van der Waals surface area contributed by atoms with Crippen LogP contribution in [0.4, 0.5) is 0 Å². The van der Waals surface area contributed by atoms with Gasteiger partial charge in [0.1, 0.15) is 0 Å². The topological polar surface area (TPSA) is 25.8 Å². The number of fused-ring (bicyclic) bond motifs is 7. The summed E-state index contributed by atoms with van der Waals surface area (Å²) < 4.78 is 0. The molecule has 0 unspecified atom stereocenters. The highest BCUT2D eigenvalue weighted by molar-refractivity contribution is 6.08. The van der Waals surface area contributed by atoms with Gasteiger partial charge in [0.05, 0.1) is 11.0 Å². The third-order valence-corrected chi connectivity index (χ3v) is 8.65. The molecule has 210 valence electrons. The number of rotatable bonds is 4. The van der Waals surface area contributed by atoms with E-state index in [-0.39, 0.29) is 0 Å². The minimum absolute atomic E-state index is 0.300. The Balaban J connectivity index is 1.41. The number of pyridine rings is 2. The molecule has 7 rings (SSSR count). The van der Waals surface area contributed by atoms with Crippen LogP contribution in [0.25, 0.3) is 66.8 Å². The first-order valence-electron chi connectivity index (χ1n) is 15.3. The van der Waals surface area contributed by atoms with E-state index in [0.29, 0.717) is 11.8 Å². The van der Waals surface area contributed by atoms with Gasteiger partial charge in [-0.2, -0.15) is 0 Å². The number of hydrogen-bond acceptors (Lipinski definition) is 2. The van der Waals surface area contributed by atoms with E-state index in [2.05, 4.69) is 150 Å². The van der Waals surface area contributed by atoms with Gasteiger partial charge in [0.2, 0.25) is 0 Å². The molecule has 0 saturated carbocycles. The van der Waals surface area contributed by atoms with Crippen molar-refractivity contribution < 1.29 is 0 Å². The minimum Gasteiger partial charge on any atom is -0.250 e. The number of benzene rings is 4. The van der Waals surface area contributed by atoms with Crippen LogP contribution in [0, 0.1) is 0 Å². The summed E-state index contributed by atoms with van der Waals surface area (Å²) in [5.74, 6) is 0.658. The van der Waals surface area contributed by atoms with Gasteiger partial charge in [0.15, 0.2) is 0 Å². The van der Waals surface area contributed by atoms with Crippen molar-refractivity contribution in [1.82, 2.24) is 9.97 Å². The summed E-state index contributed by atoms with van der Waals surface area (Å²) in [6, 6.07) is 35.7. The number of nitrogens with zero attached hydrogens (tertiary/aromatic N) is 2. The molecule has 2 aromatic heterocycles. The molecule has 0 fully saturated rings. The highest BCUT2D eigenvalue weighted by atomic mass is 14.8. The van der Waals surface area contributed by atoms with E-state index in [1.165, 1.54) is 50.1 Å². The Hall–Kier alpha value is -4.82. The minimum atomic E-state index is 0.300. The van der Waals surface area contributed by atoms with Crippen molar-refractivity contribution in [2.75, 3.05) is 0 Å². The van der Waals surface area contributed by atoms with Crippen LogP contribution >= 0.6 is 0 Å². The maximum Gasteiger partial charge on any atom is 0.0974 e. The zero-order valence-electron chi connectivity index (χ0n) is 25.5. The zero-order valence-corrected chi connectivity index (χ0v) is 25.5. The SMILES string of the molecule is C/C1=C\C=C/c2cccc(c2)-c2cc(-c3cccc(-c4cc(C(C)C)nc5c4ccc4ccc(C(C)C)nc45)c3)ccc21. The van der Waals surface area contributed by atoms with Gasteiger partial charge in [-0.3, -0.25) is 9.97 Å². The predicted octanol–water partition coefficient (Wildman–Crippen LogP) is 11.5. The molecule has 0 amide bonds. The molecule has 0 atom stereocenters. The van der Waals surface area contributed by atoms with Crippen molar-refractivity contribution >= 4 is 33.5 Å². The second-order valence-electron chi connectivity index (χ2n) is 12.3. The largest absolute Gasteiger partial charge is 0.250 e. The number of hydrogen-bond donors (Lipinski definition) is 0. The Morgan fingerprint density at radius 3 is 2.05 bits per heavy atom. The molecule has 4 aromatic carbocycles. The number of aromatic nitrogens is 2. The highest BCUT2D eigenvalue weighted by Crippen LogP contribution is 2.38. The Labute approximate surface area is 254 Å². The standard InChI is InChI=1S/C41H36N2/c1-25(2)38-20-17-29-15-19-35-37(24-39(26(3)4)43-41(35)40(29)42-38)33-14-8-12-30(22-33)31-16-18-34-27(5)9-6-10-28-11-7-13-32(21-28)36(34)23-31/h6-26H,1-5H3/b10-6-,27-9+. The Morgan fingerprint density at radius 1 is 0.535 bits per heavy atom.